The summed E-state index contributed by atoms with van der Waals surface area (Å²) in [5.41, 5.74) is 3.41. The quantitative estimate of drug-likeness (QED) is 0.514. The minimum Gasteiger partial charge on any atom is -0.387 e. The Labute approximate surface area is 172 Å². The molecule has 0 saturated carbocycles. The highest BCUT2D eigenvalue weighted by molar-refractivity contribution is 6.30. The van der Waals surface area contributed by atoms with Crippen LogP contribution in [-0.2, 0) is 0 Å². The van der Waals surface area contributed by atoms with E-state index in [9.17, 15) is 9.90 Å². The third-order valence-electron chi connectivity index (χ3n) is 4.64. The molecule has 2 aromatic heterocycles. The van der Waals surface area contributed by atoms with Gasteiger partial charge in [-0.05, 0) is 30.7 Å². The van der Waals surface area contributed by atoms with E-state index < -0.39 is 6.10 Å². The van der Waals surface area contributed by atoms with Crippen LogP contribution in [0.1, 0.15) is 27.7 Å². The second-order valence-corrected chi connectivity index (χ2v) is 7.08. The largest absolute Gasteiger partial charge is 0.387 e. The zero-order valence-electron chi connectivity index (χ0n) is 15.6. The summed E-state index contributed by atoms with van der Waals surface area (Å²) in [7, 11) is 0. The standard InChI is InChI=1S/C22H18ClN3O3/c1-13-20-17(21(28)24-12-19(27)15-7-9-16(23)10-8-15)11-18(25-22(20)29-26-13)14-5-3-2-4-6-14/h2-11,19,27H,12H2,1H3,(H,24,28)/t19-/m0/s1. The van der Waals surface area contributed by atoms with E-state index in [0.717, 1.165) is 5.56 Å². The Kier molecular flexibility index (Phi) is 5.29. The molecule has 0 saturated heterocycles. The maximum absolute atomic E-state index is 12.9. The highest BCUT2D eigenvalue weighted by atomic mass is 35.5. The van der Waals surface area contributed by atoms with Crippen LogP contribution >= 0.6 is 11.6 Å². The van der Waals surface area contributed by atoms with Gasteiger partial charge in [0.25, 0.3) is 11.6 Å². The Hall–Kier alpha value is -3.22. The van der Waals surface area contributed by atoms with Gasteiger partial charge in [0, 0.05) is 17.1 Å². The number of nitrogens with zero attached hydrogens (tertiary/aromatic N) is 2. The third-order valence-corrected chi connectivity index (χ3v) is 4.89. The Morgan fingerprint density at radius 1 is 1.17 bits per heavy atom. The van der Waals surface area contributed by atoms with Crippen LogP contribution in [0.2, 0.25) is 5.02 Å². The van der Waals surface area contributed by atoms with E-state index in [-0.39, 0.29) is 12.5 Å². The van der Waals surface area contributed by atoms with Crippen LogP contribution in [-0.4, -0.2) is 27.7 Å². The first-order chi connectivity index (χ1) is 14.0. The van der Waals surface area contributed by atoms with Crippen molar-refractivity contribution >= 4 is 28.6 Å². The first-order valence-corrected chi connectivity index (χ1v) is 9.45. The number of aliphatic hydroxyl groups excluding tert-OH is 1. The van der Waals surface area contributed by atoms with Gasteiger partial charge < -0.3 is 14.9 Å². The molecule has 2 N–H and O–H groups in total. The van der Waals surface area contributed by atoms with Gasteiger partial charge >= 0.3 is 0 Å². The molecule has 4 rings (SSSR count). The van der Waals surface area contributed by atoms with Gasteiger partial charge in [-0.2, -0.15) is 0 Å². The maximum atomic E-state index is 12.9. The van der Waals surface area contributed by atoms with Crippen molar-refractivity contribution in [3.05, 3.63) is 82.5 Å². The fourth-order valence-corrected chi connectivity index (χ4v) is 3.24. The molecule has 2 heterocycles. The summed E-state index contributed by atoms with van der Waals surface area (Å²) in [5, 5.41) is 18.2. The SMILES string of the molecule is Cc1noc2nc(-c3ccccc3)cc(C(=O)NC[C@H](O)c3ccc(Cl)cc3)c12. The van der Waals surface area contributed by atoms with Crippen molar-refractivity contribution in [1.82, 2.24) is 15.5 Å². The average molecular weight is 408 g/mol. The number of aliphatic hydroxyl groups is 1. The van der Waals surface area contributed by atoms with Crippen molar-refractivity contribution in [1.29, 1.82) is 0 Å². The lowest BCUT2D eigenvalue weighted by atomic mass is 10.0. The van der Waals surface area contributed by atoms with Crippen LogP contribution < -0.4 is 5.32 Å². The van der Waals surface area contributed by atoms with Crippen LogP contribution in [0, 0.1) is 6.92 Å². The number of aryl methyl sites for hydroxylation is 1. The van der Waals surface area contributed by atoms with E-state index in [1.807, 2.05) is 30.3 Å². The number of carbonyl (C=O) groups is 1. The second-order valence-electron chi connectivity index (χ2n) is 6.65. The molecule has 0 unspecified atom stereocenters. The summed E-state index contributed by atoms with van der Waals surface area (Å²) < 4.78 is 5.30. The molecule has 2 aromatic carbocycles. The van der Waals surface area contributed by atoms with Crippen LogP contribution in [0.3, 0.4) is 0 Å². The minimum atomic E-state index is -0.856. The lowest BCUT2D eigenvalue weighted by Gasteiger charge is -2.13. The molecule has 0 radical (unpaired) electrons. The van der Waals surface area contributed by atoms with Gasteiger partial charge in [-0.3, -0.25) is 4.79 Å². The van der Waals surface area contributed by atoms with E-state index in [2.05, 4.69) is 15.5 Å². The van der Waals surface area contributed by atoms with Gasteiger partial charge in [0.1, 0.15) is 0 Å². The van der Waals surface area contributed by atoms with Crippen molar-refractivity contribution < 1.29 is 14.4 Å². The molecule has 146 valence electrons. The van der Waals surface area contributed by atoms with E-state index in [1.54, 1.807) is 37.3 Å². The highest BCUT2D eigenvalue weighted by Gasteiger charge is 2.20. The van der Waals surface area contributed by atoms with Crippen molar-refractivity contribution in [2.45, 2.75) is 13.0 Å². The van der Waals surface area contributed by atoms with Crippen LogP contribution in [0.4, 0.5) is 0 Å². The number of nitrogens with one attached hydrogen (secondary N) is 1. The molecule has 0 bridgehead atoms. The number of rotatable bonds is 5. The van der Waals surface area contributed by atoms with E-state index in [4.69, 9.17) is 16.1 Å². The molecule has 0 aliphatic heterocycles. The normalized spacial score (nSPS) is 12.1. The molecule has 7 heteroatoms. The summed E-state index contributed by atoms with van der Waals surface area (Å²) in [6.07, 6.45) is -0.856. The van der Waals surface area contributed by atoms with Crippen molar-refractivity contribution in [3.63, 3.8) is 0 Å². The minimum absolute atomic E-state index is 0.0509. The number of pyridine rings is 1. The van der Waals surface area contributed by atoms with E-state index in [0.29, 0.717) is 38.6 Å². The van der Waals surface area contributed by atoms with Crippen LogP contribution in [0.5, 0.6) is 0 Å². The molecule has 0 fully saturated rings. The molecule has 1 atom stereocenters. The summed E-state index contributed by atoms with van der Waals surface area (Å²) in [6, 6.07) is 18.1. The van der Waals surface area contributed by atoms with Gasteiger partial charge in [-0.15, -0.1) is 0 Å². The summed E-state index contributed by atoms with van der Waals surface area (Å²) in [4.78, 5) is 17.4. The summed E-state index contributed by atoms with van der Waals surface area (Å²) in [6.45, 7) is 1.81. The average Bonchev–Trinajstić information content (AvgIpc) is 3.13. The Balaban J connectivity index is 1.62. The molecule has 1 amide bonds. The molecule has 0 aliphatic carbocycles. The van der Waals surface area contributed by atoms with E-state index in [1.165, 1.54) is 0 Å². The Morgan fingerprint density at radius 3 is 2.62 bits per heavy atom. The predicted molar refractivity (Wildman–Crippen MR) is 111 cm³/mol. The van der Waals surface area contributed by atoms with Gasteiger partial charge in [0.2, 0.25) is 0 Å². The highest BCUT2D eigenvalue weighted by Crippen LogP contribution is 2.27. The lowest BCUT2D eigenvalue weighted by molar-refractivity contribution is 0.0918. The number of benzene rings is 2. The lowest BCUT2D eigenvalue weighted by Crippen LogP contribution is -2.28. The predicted octanol–water partition coefficient (Wildman–Crippen LogP) is 4.32. The van der Waals surface area contributed by atoms with Gasteiger partial charge in [0.15, 0.2) is 0 Å². The van der Waals surface area contributed by atoms with Crippen molar-refractivity contribution in [2.24, 2.45) is 0 Å². The first-order valence-electron chi connectivity index (χ1n) is 9.07. The number of hydrogen-bond donors (Lipinski definition) is 2. The van der Waals surface area contributed by atoms with Crippen LogP contribution in [0.15, 0.2) is 65.2 Å². The molecule has 6 nitrogen and oxygen atoms in total. The monoisotopic (exact) mass is 407 g/mol. The maximum Gasteiger partial charge on any atom is 0.259 e. The summed E-state index contributed by atoms with van der Waals surface area (Å²) >= 11 is 5.88. The third kappa shape index (κ3) is 3.99. The fraction of sp³-hybridized carbons (Fsp3) is 0.136. The zero-order valence-corrected chi connectivity index (χ0v) is 16.3. The number of halogens is 1. The van der Waals surface area contributed by atoms with Crippen molar-refractivity contribution in [2.75, 3.05) is 6.54 Å². The number of amides is 1. The van der Waals surface area contributed by atoms with E-state index >= 15 is 0 Å². The molecule has 4 aromatic rings. The molecular weight excluding hydrogens is 390 g/mol. The Morgan fingerprint density at radius 2 is 1.90 bits per heavy atom. The van der Waals surface area contributed by atoms with Crippen molar-refractivity contribution in [3.8, 4) is 11.3 Å². The molecule has 0 aliphatic rings. The smallest absolute Gasteiger partial charge is 0.259 e. The molecule has 0 spiro atoms. The number of fused-ring (bicyclic) bond motifs is 1. The zero-order chi connectivity index (χ0) is 20.4. The van der Waals surface area contributed by atoms with Gasteiger partial charge in [-0.25, -0.2) is 4.98 Å². The summed E-state index contributed by atoms with van der Waals surface area (Å²) in [5.74, 6) is -0.339. The first kappa shape index (κ1) is 19.1. The van der Waals surface area contributed by atoms with Gasteiger partial charge in [-0.1, -0.05) is 59.2 Å². The van der Waals surface area contributed by atoms with Crippen LogP contribution in [0.25, 0.3) is 22.4 Å². The second kappa shape index (κ2) is 8.03. The number of carbonyl (C=O) groups excluding carboxylic acids is 1. The Bertz CT molecular complexity index is 1160. The number of hydrogen-bond acceptors (Lipinski definition) is 5. The topological polar surface area (TPSA) is 88.2 Å². The number of aromatic nitrogens is 2. The van der Waals surface area contributed by atoms with Gasteiger partial charge in [0.05, 0.1) is 28.4 Å². The molecule has 29 heavy (non-hydrogen) atoms. The molecular formula is C22H18ClN3O3. The fourth-order valence-electron chi connectivity index (χ4n) is 3.12.